The van der Waals surface area contributed by atoms with Crippen LogP contribution in [0.2, 0.25) is 0 Å². The number of thiophene rings is 1. The van der Waals surface area contributed by atoms with Crippen LogP contribution in [0.4, 0.5) is 9.18 Å². The molecular formula is C20H26FN3OS. The number of hydrogen-bond acceptors (Lipinski definition) is 3. The molecule has 1 fully saturated rings. The second-order valence-corrected chi connectivity index (χ2v) is 7.92. The maximum atomic E-state index is 12.9. The summed E-state index contributed by atoms with van der Waals surface area (Å²) in [5, 5.41) is 7.93. The van der Waals surface area contributed by atoms with E-state index in [0.717, 1.165) is 24.6 Å². The minimum Gasteiger partial charge on any atom is -0.336 e. The lowest BCUT2D eigenvalue weighted by atomic mass is 9.97. The minimum absolute atomic E-state index is 0.193. The van der Waals surface area contributed by atoms with Gasteiger partial charge in [-0.2, -0.15) is 0 Å². The zero-order valence-electron chi connectivity index (χ0n) is 15.1. The average molecular weight is 376 g/mol. The first-order chi connectivity index (χ1) is 12.6. The highest BCUT2D eigenvalue weighted by Gasteiger charge is 2.25. The summed E-state index contributed by atoms with van der Waals surface area (Å²) in [6.07, 6.45) is 2.41. The molecule has 1 aliphatic rings. The fourth-order valence-electron chi connectivity index (χ4n) is 3.27. The third kappa shape index (κ3) is 5.29. The second-order valence-electron chi connectivity index (χ2n) is 6.94. The number of likely N-dealkylation sites (tertiary alicyclic amines) is 1. The highest BCUT2D eigenvalue weighted by atomic mass is 32.1. The van der Waals surface area contributed by atoms with E-state index in [-0.39, 0.29) is 17.9 Å². The monoisotopic (exact) mass is 375 g/mol. The van der Waals surface area contributed by atoms with Crippen molar-refractivity contribution in [3.05, 3.63) is 58.0 Å². The SMILES string of the molecule is CC1CCN([C@H](CNC(=O)NCc2ccc(F)cc2)c2cccs2)CC1. The van der Waals surface area contributed by atoms with E-state index in [1.807, 2.05) is 0 Å². The van der Waals surface area contributed by atoms with Crippen molar-refractivity contribution in [3.63, 3.8) is 0 Å². The van der Waals surface area contributed by atoms with Gasteiger partial charge in [0.15, 0.2) is 0 Å². The number of amides is 2. The number of carbonyl (C=O) groups is 1. The molecule has 4 nitrogen and oxygen atoms in total. The van der Waals surface area contributed by atoms with Crippen molar-refractivity contribution in [2.75, 3.05) is 19.6 Å². The number of hydrogen-bond donors (Lipinski definition) is 2. The van der Waals surface area contributed by atoms with Crippen LogP contribution in [0.1, 0.15) is 36.2 Å². The molecule has 2 heterocycles. The lowest BCUT2D eigenvalue weighted by Gasteiger charge is -2.36. The van der Waals surface area contributed by atoms with Gasteiger partial charge in [-0.1, -0.05) is 25.1 Å². The molecule has 1 aromatic carbocycles. The zero-order chi connectivity index (χ0) is 18.4. The smallest absolute Gasteiger partial charge is 0.315 e. The number of rotatable bonds is 6. The molecule has 1 aliphatic heterocycles. The Balaban J connectivity index is 1.52. The van der Waals surface area contributed by atoms with Gasteiger partial charge in [0, 0.05) is 18.0 Å². The first kappa shape index (κ1) is 18.9. The first-order valence-electron chi connectivity index (χ1n) is 9.15. The fraction of sp³-hybridized carbons (Fsp3) is 0.450. The molecule has 0 saturated carbocycles. The molecule has 2 aromatic rings. The van der Waals surface area contributed by atoms with Gasteiger partial charge in [-0.25, -0.2) is 9.18 Å². The number of halogens is 1. The normalized spacial score (nSPS) is 17.0. The Bertz CT molecular complexity index is 682. The molecule has 1 aromatic heterocycles. The van der Waals surface area contributed by atoms with Gasteiger partial charge in [0.05, 0.1) is 6.04 Å². The van der Waals surface area contributed by atoms with Crippen LogP contribution >= 0.6 is 11.3 Å². The number of urea groups is 1. The molecule has 0 spiro atoms. The van der Waals surface area contributed by atoms with Crippen molar-refractivity contribution >= 4 is 17.4 Å². The van der Waals surface area contributed by atoms with Crippen LogP contribution in [-0.4, -0.2) is 30.6 Å². The average Bonchev–Trinajstić information content (AvgIpc) is 3.17. The van der Waals surface area contributed by atoms with Crippen LogP contribution in [-0.2, 0) is 6.54 Å². The summed E-state index contributed by atoms with van der Waals surface area (Å²) in [6, 6.07) is 10.4. The number of nitrogens with one attached hydrogen (secondary N) is 2. The zero-order valence-corrected chi connectivity index (χ0v) is 15.9. The molecule has 2 amide bonds. The third-order valence-corrected chi connectivity index (χ3v) is 5.93. The van der Waals surface area contributed by atoms with Gasteiger partial charge < -0.3 is 10.6 Å². The van der Waals surface area contributed by atoms with Crippen molar-refractivity contribution in [1.29, 1.82) is 0 Å². The predicted molar refractivity (Wildman–Crippen MR) is 104 cm³/mol. The standard InChI is InChI=1S/C20H26FN3OS/c1-15-8-10-24(11-9-15)18(19-3-2-12-26-19)14-23-20(25)22-13-16-4-6-17(21)7-5-16/h2-7,12,15,18H,8-11,13-14H2,1H3,(H2,22,23,25)/t18-/m1/s1. The molecular weight excluding hydrogens is 349 g/mol. The van der Waals surface area contributed by atoms with E-state index in [2.05, 4.69) is 40.0 Å². The molecule has 1 saturated heterocycles. The second kappa shape index (κ2) is 9.14. The highest BCUT2D eigenvalue weighted by Crippen LogP contribution is 2.29. The Labute approximate surface area is 158 Å². The lowest BCUT2D eigenvalue weighted by molar-refractivity contribution is 0.138. The van der Waals surface area contributed by atoms with E-state index in [4.69, 9.17) is 0 Å². The lowest BCUT2D eigenvalue weighted by Crippen LogP contribution is -2.44. The Morgan fingerprint density at radius 1 is 1.23 bits per heavy atom. The summed E-state index contributed by atoms with van der Waals surface area (Å²) in [6.45, 7) is 5.42. The van der Waals surface area contributed by atoms with Crippen LogP contribution in [0.25, 0.3) is 0 Å². The number of nitrogens with zero attached hydrogens (tertiary/aromatic N) is 1. The molecule has 6 heteroatoms. The van der Waals surface area contributed by atoms with Gasteiger partial charge >= 0.3 is 6.03 Å². The van der Waals surface area contributed by atoms with E-state index in [1.165, 1.54) is 29.9 Å². The van der Waals surface area contributed by atoms with Gasteiger partial charge in [0.25, 0.3) is 0 Å². The van der Waals surface area contributed by atoms with Gasteiger partial charge in [0.2, 0.25) is 0 Å². The molecule has 2 N–H and O–H groups in total. The third-order valence-electron chi connectivity index (χ3n) is 4.95. The van der Waals surface area contributed by atoms with Crippen LogP contribution in [0.3, 0.4) is 0 Å². The highest BCUT2D eigenvalue weighted by molar-refractivity contribution is 7.10. The Hall–Kier alpha value is -1.92. The number of carbonyl (C=O) groups excluding carboxylic acids is 1. The maximum Gasteiger partial charge on any atom is 0.315 e. The number of benzene rings is 1. The van der Waals surface area contributed by atoms with Crippen LogP contribution < -0.4 is 10.6 Å². The quantitative estimate of drug-likeness (QED) is 0.796. The summed E-state index contributed by atoms with van der Waals surface area (Å²) in [4.78, 5) is 15.9. The molecule has 0 radical (unpaired) electrons. The maximum absolute atomic E-state index is 12.9. The summed E-state index contributed by atoms with van der Waals surface area (Å²) >= 11 is 1.74. The van der Waals surface area contributed by atoms with E-state index in [1.54, 1.807) is 23.5 Å². The van der Waals surface area contributed by atoms with Crippen molar-refractivity contribution < 1.29 is 9.18 Å². The van der Waals surface area contributed by atoms with Crippen LogP contribution in [0.5, 0.6) is 0 Å². The van der Waals surface area contributed by atoms with E-state index >= 15 is 0 Å². The molecule has 0 unspecified atom stereocenters. The van der Waals surface area contributed by atoms with Crippen LogP contribution in [0, 0.1) is 11.7 Å². The van der Waals surface area contributed by atoms with E-state index < -0.39 is 0 Å². The van der Waals surface area contributed by atoms with Gasteiger partial charge in [-0.3, -0.25) is 4.90 Å². The fourth-order valence-corrected chi connectivity index (χ4v) is 4.13. The van der Waals surface area contributed by atoms with Crippen molar-refractivity contribution in [1.82, 2.24) is 15.5 Å². The minimum atomic E-state index is -0.271. The largest absolute Gasteiger partial charge is 0.336 e. The Morgan fingerprint density at radius 2 is 1.96 bits per heavy atom. The summed E-state index contributed by atoms with van der Waals surface area (Å²) < 4.78 is 12.9. The molecule has 0 bridgehead atoms. The summed E-state index contributed by atoms with van der Waals surface area (Å²) in [5.74, 6) is 0.509. The Morgan fingerprint density at radius 3 is 2.62 bits per heavy atom. The number of piperidine rings is 1. The molecule has 26 heavy (non-hydrogen) atoms. The van der Waals surface area contributed by atoms with E-state index in [0.29, 0.717) is 13.1 Å². The predicted octanol–water partition coefficient (Wildman–Crippen LogP) is 4.16. The van der Waals surface area contributed by atoms with Crippen molar-refractivity contribution in [3.8, 4) is 0 Å². The molecule has 1 atom stereocenters. The molecule has 140 valence electrons. The van der Waals surface area contributed by atoms with Gasteiger partial charge in [-0.15, -0.1) is 11.3 Å². The van der Waals surface area contributed by atoms with Crippen molar-refractivity contribution in [2.24, 2.45) is 5.92 Å². The van der Waals surface area contributed by atoms with Gasteiger partial charge in [0.1, 0.15) is 5.82 Å². The topological polar surface area (TPSA) is 44.4 Å². The summed E-state index contributed by atoms with van der Waals surface area (Å²) in [5.41, 5.74) is 0.876. The van der Waals surface area contributed by atoms with Crippen LogP contribution in [0.15, 0.2) is 41.8 Å². The Kier molecular flexibility index (Phi) is 6.63. The van der Waals surface area contributed by atoms with Crippen molar-refractivity contribution in [2.45, 2.75) is 32.4 Å². The molecule has 3 rings (SSSR count). The summed E-state index contributed by atoms with van der Waals surface area (Å²) in [7, 11) is 0. The molecule has 0 aliphatic carbocycles. The van der Waals surface area contributed by atoms with E-state index in [9.17, 15) is 9.18 Å². The first-order valence-corrected chi connectivity index (χ1v) is 10.0. The van der Waals surface area contributed by atoms with Gasteiger partial charge in [-0.05, 0) is 61.0 Å².